The van der Waals surface area contributed by atoms with Crippen LogP contribution in [0.1, 0.15) is 31.0 Å². The summed E-state index contributed by atoms with van der Waals surface area (Å²) in [5.74, 6) is 0.677. The Hall–Kier alpha value is -1.00. The molecule has 0 amide bonds. The number of nitrogens with two attached hydrogens (primary N) is 1. The maximum Gasteiger partial charge on any atom is 0.0753 e. The fourth-order valence-corrected chi connectivity index (χ4v) is 1.96. The lowest BCUT2D eigenvalue weighted by Gasteiger charge is -2.24. The number of ether oxygens (including phenoxy) is 1. The monoisotopic (exact) mass is 207 g/mol. The molecule has 1 aromatic heterocycles. The molecule has 0 spiro atoms. The first kappa shape index (κ1) is 10.5. The van der Waals surface area contributed by atoms with Gasteiger partial charge in [0.25, 0.3) is 0 Å². The van der Waals surface area contributed by atoms with Crippen LogP contribution in [-0.2, 0) is 4.74 Å². The molecular formula is C11H17N3O. The zero-order chi connectivity index (χ0) is 10.5. The molecule has 0 aromatic carbocycles. The molecule has 1 saturated heterocycles. The summed E-state index contributed by atoms with van der Waals surface area (Å²) in [7, 11) is 0. The third kappa shape index (κ3) is 2.97. The first-order chi connectivity index (χ1) is 7.36. The number of aromatic nitrogens is 2. The topological polar surface area (TPSA) is 61.0 Å². The Kier molecular flexibility index (Phi) is 3.64. The van der Waals surface area contributed by atoms with Gasteiger partial charge in [-0.2, -0.15) is 0 Å². The fourth-order valence-electron chi connectivity index (χ4n) is 1.96. The van der Waals surface area contributed by atoms with Crippen molar-refractivity contribution in [1.29, 1.82) is 0 Å². The molecule has 1 aliphatic rings. The largest absolute Gasteiger partial charge is 0.381 e. The van der Waals surface area contributed by atoms with E-state index < -0.39 is 0 Å². The van der Waals surface area contributed by atoms with Crippen LogP contribution in [0.15, 0.2) is 18.6 Å². The van der Waals surface area contributed by atoms with E-state index in [1.165, 1.54) is 0 Å². The van der Waals surface area contributed by atoms with E-state index in [-0.39, 0.29) is 6.04 Å². The van der Waals surface area contributed by atoms with Gasteiger partial charge >= 0.3 is 0 Å². The highest BCUT2D eigenvalue weighted by Crippen LogP contribution is 2.24. The molecule has 4 nitrogen and oxygen atoms in total. The van der Waals surface area contributed by atoms with Gasteiger partial charge in [0.1, 0.15) is 0 Å². The van der Waals surface area contributed by atoms with Gasteiger partial charge < -0.3 is 10.5 Å². The van der Waals surface area contributed by atoms with Crippen molar-refractivity contribution in [2.45, 2.75) is 25.3 Å². The highest BCUT2D eigenvalue weighted by atomic mass is 16.5. The first-order valence-electron chi connectivity index (χ1n) is 5.45. The minimum Gasteiger partial charge on any atom is -0.381 e. The van der Waals surface area contributed by atoms with Crippen molar-refractivity contribution >= 4 is 0 Å². The minimum atomic E-state index is 0.0156. The van der Waals surface area contributed by atoms with Crippen LogP contribution in [0.2, 0.25) is 0 Å². The smallest absolute Gasteiger partial charge is 0.0753 e. The highest BCUT2D eigenvalue weighted by molar-refractivity contribution is 5.01. The molecule has 0 aliphatic carbocycles. The summed E-state index contributed by atoms with van der Waals surface area (Å²) in [4.78, 5) is 8.26. The Bertz CT molecular complexity index is 285. The van der Waals surface area contributed by atoms with E-state index in [1.54, 1.807) is 18.6 Å². The Labute approximate surface area is 89.9 Å². The summed E-state index contributed by atoms with van der Waals surface area (Å²) in [6, 6.07) is 0.0156. The highest BCUT2D eigenvalue weighted by Gasteiger charge is 2.18. The van der Waals surface area contributed by atoms with Gasteiger partial charge in [-0.1, -0.05) is 0 Å². The SMILES string of the molecule is NC(CC1CCOCC1)c1cnccn1. The Morgan fingerprint density at radius 3 is 2.87 bits per heavy atom. The van der Waals surface area contributed by atoms with Crippen LogP contribution < -0.4 is 5.73 Å². The Balaban J connectivity index is 1.88. The Morgan fingerprint density at radius 2 is 2.20 bits per heavy atom. The maximum atomic E-state index is 6.08. The van der Waals surface area contributed by atoms with E-state index in [2.05, 4.69) is 9.97 Å². The lowest BCUT2D eigenvalue weighted by atomic mass is 9.92. The number of nitrogens with zero attached hydrogens (tertiary/aromatic N) is 2. The lowest BCUT2D eigenvalue weighted by Crippen LogP contribution is -2.22. The molecule has 1 unspecified atom stereocenters. The number of hydrogen-bond donors (Lipinski definition) is 1. The fraction of sp³-hybridized carbons (Fsp3) is 0.636. The van der Waals surface area contributed by atoms with E-state index in [4.69, 9.17) is 10.5 Å². The number of hydrogen-bond acceptors (Lipinski definition) is 4. The van der Waals surface area contributed by atoms with Crippen molar-refractivity contribution in [1.82, 2.24) is 9.97 Å². The standard InChI is InChI=1S/C11H17N3O/c12-10(11-8-13-3-4-14-11)7-9-1-5-15-6-2-9/h3-4,8-10H,1-2,5-7,12H2. The molecule has 2 rings (SSSR count). The molecule has 0 saturated carbocycles. The number of rotatable bonds is 3. The molecule has 4 heteroatoms. The van der Waals surface area contributed by atoms with Crippen molar-refractivity contribution in [3.63, 3.8) is 0 Å². The van der Waals surface area contributed by atoms with Crippen LogP contribution in [-0.4, -0.2) is 23.2 Å². The molecular weight excluding hydrogens is 190 g/mol. The maximum absolute atomic E-state index is 6.08. The van der Waals surface area contributed by atoms with Gasteiger partial charge in [0.2, 0.25) is 0 Å². The second-order valence-corrected chi connectivity index (χ2v) is 4.03. The quantitative estimate of drug-likeness (QED) is 0.811. The van der Waals surface area contributed by atoms with Gasteiger partial charge in [0, 0.05) is 37.8 Å². The van der Waals surface area contributed by atoms with Crippen molar-refractivity contribution < 1.29 is 4.74 Å². The van der Waals surface area contributed by atoms with Crippen LogP contribution in [0.3, 0.4) is 0 Å². The van der Waals surface area contributed by atoms with Gasteiger partial charge in [0.15, 0.2) is 0 Å². The molecule has 1 aromatic rings. The molecule has 0 bridgehead atoms. The molecule has 0 radical (unpaired) electrons. The van der Waals surface area contributed by atoms with Crippen LogP contribution in [0.5, 0.6) is 0 Å². The van der Waals surface area contributed by atoms with Crippen LogP contribution in [0.4, 0.5) is 0 Å². The van der Waals surface area contributed by atoms with E-state index in [0.29, 0.717) is 5.92 Å². The summed E-state index contributed by atoms with van der Waals surface area (Å²) in [5, 5.41) is 0. The average molecular weight is 207 g/mol. The van der Waals surface area contributed by atoms with Gasteiger partial charge in [0.05, 0.1) is 5.69 Å². The van der Waals surface area contributed by atoms with Gasteiger partial charge in [-0.25, -0.2) is 0 Å². The minimum absolute atomic E-state index is 0.0156. The van der Waals surface area contributed by atoms with Gasteiger partial charge in [-0.3, -0.25) is 9.97 Å². The summed E-state index contributed by atoms with van der Waals surface area (Å²) in [5.41, 5.74) is 6.98. The molecule has 1 fully saturated rings. The lowest BCUT2D eigenvalue weighted by molar-refractivity contribution is 0.0617. The molecule has 1 atom stereocenters. The van der Waals surface area contributed by atoms with E-state index in [1.807, 2.05) is 0 Å². The molecule has 1 aliphatic heterocycles. The third-order valence-electron chi connectivity index (χ3n) is 2.89. The van der Waals surface area contributed by atoms with Crippen molar-refractivity contribution in [2.24, 2.45) is 11.7 Å². The molecule has 82 valence electrons. The van der Waals surface area contributed by atoms with E-state index in [9.17, 15) is 0 Å². The summed E-state index contributed by atoms with van der Waals surface area (Å²) < 4.78 is 5.32. The van der Waals surface area contributed by atoms with Crippen molar-refractivity contribution in [3.05, 3.63) is 24.3 Å². The predicted molar refractivity (Wildman–Crippen MR) is 57.1 cm³/mol. The van der Waals surface area contributed by atoms with Crippen molar-refractivity contribution in [2.75, 3.05) is 13.2 Å². The van der Waals surface area contributed by atoms with Gasteiger partial charge in [-0.05, 0) is 25.2 Å². The van der Waals surface area contributed by atoms with E-state index >= 15 is 0 Å². The second kappa shape index (κ2) is 5.19. The second-order valence-electron chi connectivity index (χ2n) is 4.03. The van der Waals surface area contributed by atoms with E-state index in [0.717, 1.165) is 38.2 Å². The summed E-state index contributed by atoms with van der Waals surface area (Å²) in [6.07, 6.45) is 8.35. The Morgan fingerprint density at radius 1 is 1.40 bits per heavy atom. The molecule has 15 heavy (non-hydrogen) atoms. The molecule has 2 N–H and O–H groups in total. The van der Waals surface area contributed by atoms with Crippen LogP contribution in [0.25, 0.3) is 0 Å². The normalized spacial score (nSPS) is 20.1. The first-order valence-corrected chi connectivity index (χ1v) is 5.45. The zero-order valence-corrected chi connectivity index (χ0v) is 8.80. The van der Waals surface area contributed by atoms with Crippen LogP contribution >= 0.6 is 0 Å². The molecule has 2 heterocycles. The summed E-state index contributed by atoms with van der Waals surface area (Å²) in [6.45, 7) is 1.75. The van der Waals surface area contributed by atoms with Crippen LogP contribution in [0, 0.1) is 5.92 Å². The zero-order valence-electron chi connectivity index (χ0n) is 8.80. The summed E-state index contributed by atoms with van der Waals surface area (Å²) >= 11 is 0. The third-order valence-corrected chi connectivity index (χ3v) is 2.89. The predicted octanol–water partition coefficient (Wildman–Crippen LogP) is 1.29. The van der Waals surface area contributed by atoms with Crippen molar-refractivity contribution in [3.8, 4) is 0 Å². The van der Waals surface area contributed by atoms with Gasteiger partial charge in [-0.15, -0.1) is 0 Å². The average Bonchev–Trinajstić information content (AvgIpc) is 2.31.